The Morgan fingerprint density at radius 3 is 2.53 bits per heavy atom. The molecule has 0 aromatic rings. The Hall–Kier alpha value is -0.760. The molecule has 0 saturated heterocycles. The number of allylic oxidation sites excluding steroid dienone is 3. The molecule has 2 heteroatoms. The monoisotopic (exact) mass is 211 g/mol. The number of hydrogen-bond acceptors (Lipinski definition) is 2. The molecule has 2 nitrogen and oxygen atoms in total. The Morgan fingerprint density at radius 2 is 2.07 bits per heavy atom. The van der Waals surface area contributed by atoms with Gasteiger partial charge in [0.25, 0.3) is 0 Å². The number of hydrogen-bond donors (Lipinski definition) is 2. The van der Waals surface area contributed by atoms with E-state index in [0.29, 0.717) is 5.76 Å². The maximum absolute atomic E-state index is 8.90. The second kappa shape index (κ2) is 8.54. The fourth-order valence-electron chi connectivity index (χ4n) is 1.48. The number of aliphatic hydroxyl groups excluding tert-OH is 1. The van der Waals surface area contributed by atoms with Gasteiger partial charge in [-0.05, 0) is 31.4 Å². The zero-order valence-electron chi connectivity index (χ0n) is 10.5. The molecule has 0 aliphatic heterocycles. The normalized spacial score (nSPS) is 15.1. The predicted octanol–water partition coefficient (Wildman–Crippen LogP) is 3.28. The van der Waals surface area contributed by atoms with Crippen LogP contribution in [0.4, 0.5) is 0 Å². The van der Waals surface area contributed by atoms with Crippen molar-refractivity contribution >= 4 is 0 Å². The fourth-order valence-corrected chi connectivity index (χ4v) is 1.48. The van der Waals surface area contributed by atoms with Crippen LogP contribution in [-0.2, 0) is 0 Å². The van der Waals surface area contributed by atoms with Crippen LogP contribution in [0.1, 0.15) is 34.1 Å². The van der Waals surface area contributed by atoms with Gasteiger partial charge in [0.2, 0.25) is 0 Å². The molecule has 0 spiro atoms. The first kappa shape index (κ1) is 14.2. The second-order valence-corrected chi connectivity index (χ2v) is 4.31. The van der Waals surface area contributed by atoms with Gasteiger partial charge in [0.1, 0.15) is 0 Å². The molecule has 0 aliphatic rings. The first-order valence-electron chi connectivity index (χ1n) is 5.81. The summed E-state index contributed by atoms with van der Waals surface area (Å²) in [7, 11) is 0. The van der Waals surface area contributed by atoms with Crippen molar-refractivity contribution in [2.75, 3.05) is 13.1 Å². The summed E-state index contributed by atoms with van der Waals surface area (Å²) in [5.74, 6) is 1.85. The molecular weight excluding hydrogens is 186 g/mol. The van der Waals surface area contributed by atoms with E-state index >= 15 is 0 Å². The average Bonchev–Trinajstić information content (AvgIpc) is 2.15. The lowest BCUT2D eigenvalue weighted by molar-refractivity contribution is 0.358. The van der Waals surface area contributed by atoms with Gasteiger partial charge in [-0.15, -0.1) is 0 Å². The van der Waals surface area contributed by atoms with Crippen LogP contribution in [0.25, 0.3) is 0 Å². The van der Waals surface area contributed by atoms with Crippen molar-refractivity contribution in [3.05, 3.63) is 24.0 Å². The van der Waals surface area contributed by atoms with Crippen molar-refractivity contribution in [1.82, 2.24) is 5.32 Å². The number of rotatable bonds is 7. The molecule has 0 radical (unpaired) electrons. The van der Waals surface area contributed by atoms with Crippen LogP contribution >= 0.6 is 0 Å². The molecule has 0 amide bonds. The molecule has 0 heterocycles. The smallest absolute Gasteiger partial charge is 0.0891 e. The van der Waals surface area contributed by atoms with Gasteiger partial charge in [0.15, 0.2) is 0 Å². The zero-order chi connectivity index (χ0) is 11.7. The van der Waals surface area contributed by atoms with Crippen LogP contribution < -0.4 is 5.32 Å². The summed E-state index contributed by atoms with van der Waals surface area (Å²) in [6, 6.07) is 0. The molecule has 15 heavy (non-hydrogen) atoms. The third-order valence-electron chi connectivity index (χ3n) is 2.61. The van der Waals surface area contributed by atoms with Crippen LogP contribution in [0.3, 0.4) is 0 Å². The Balaban J connectivity index is 3.61. The van der Waals surface area contributed by atoms with Gasteiger partial charge in [-0.25, -0.2) is 0 Å². The number of aliphatic hydroxyl groups is 1. The van der Waals surface area contributed by atoms with E-state index in [-0.39, 0.29) is 0 Å². The lowest BCUT2D eigenvalue weighted by atomic mass is 9.93. The van der Waals surface area contributed by atoms with E-state index in [1.165, 1.54) is 6.42 Å². The molecule has 88 valence electrons. The molecule has 0 fully saturated rings. The summed E-state index contributed by atoms with van der Waals surface area (Å²) < 4.78 is 0. The van der Waals surface area contributed by atoms with Gasteiger partial charge in [-0.3, -0.25) is 0 Å². The molecule has 0 bridgehead atoms. The molecule has 0 saturated carbocycles. The van der Waals surface area contributed by atoms with Gasteiger partial charge < -0.3 is 10.4 Å². The minimum Gasteiger partial charge on any atom is -0.513 e. The third-order valence-corrected chi connectivity index (χ3v) is 2.61. The first-order valence-corrected chi connectivity index (χ1v) is 5.81. The van der Waals surface area contributed by atoms with Crippen molar-refractivity contribution in [1.29, 1.82) is 0 Å². The standard InChI is InChI=1S/C13H25NO/c1-5-13(11(2)3)10-14-9-7-6-8-12(4)15/h6-8,11,13-15H,5,9-10H2,1-4H3/b7-6+,12-8-. The summed E-state index contributed by atoms with van der Waals surface area (Å²) >= 11 is 0. The fraction of sp³-hybridized carbons (Fsp3) is 0.692. The summed E-state index contributed by atoms with van der Waals surface area (Å²) in [5.41, 5.74) is 0. The minimum atomic E-state index is 0.347. The van der Waals surface area contributed by atoms with Crippen molar-refractivity contribution in [2.45, 2.75) is 34.1 Å². The largest absolute Gasteiger partial charge is 0.513 e. The minimum absolute atomic E-state index is 0.347. The van der Waals surface area contributed by atoms with E-state index in [9.17, 15) is 0 Å². The summed E-state index contributed by atoms with van der Waals surface area (Å²) in [6.45, 7) is 10.4. The van der Waals surface area contributed by atoms with Crippen LogP contribution in [-0.4, -0.2) is 18.2 Å². The van der Waals surface area contributed by atoms with Crippen molar-refractivity contribution in [2.24, 2.45) is 11.8 Å². The number of nitrogens with one attached hydrogen (secondary N) is 1. The van der Waals surface area contributed by atoms with E-state index in [1.54, 1.807) is 13.0 Å². The predicted molar refractivity (Wildman–Crippen MR) is 67.0 cm³/mol. The van der Waals surface area contributed by atoms with E-state index < -0.39 is 0 Å². The highest BCUT2D eigenvalue weighted by Gasteiger charge is 2.08. The Morgan fingerprint density at radius 1 is 1.40 bits per heavy atom. The lowest BCUT2D eigenvalue weighted by Gasteiger charge is -2.18. The SMILES string of the molecule is CCC(CNC/C=C/C=C(/C)O)C(C)C. The summed E-state index contributed by atoms with van der Waals surface area (Å²) in [4.78, 5) is 0. The van der Waals surface area contributed by atoms with E-state index in [4.69, 9.17) is 5.11 Å². The topological polar surface area (TPSA) is 32.3 Å². The molecule has 1 atom stereocenters. The van der Waals surface area contributed by atoms with Crippen LogP contribution in [0.15, 0.2) is 24.0 Å². The molecule has 0 aromatic carbocycles. The van der Waals surface area contributed by atoms with Gasteiger partial charge in [-0.2, -0.15) is 0 Å². The van der Waals surface area contributed by atoms with E-state index in [2.05, 4.69) is 26.1 Å². The van der Waals surface area contributed by atoms with Gasteiger partial charge in [-0.1, -0.05) is 39.3 Å². The van der Waals surface area contributed by atoms with E-state index in [1.807, 2.05) is 12.2 Å². The zero-order valence-corrected chi connectivity index (χ0v) is 10.5. The Labute approximate surface area is 94.1 Å². The Kier molecular flexibility index (Phi) is 8.11. The first-order chi connectivity index (χ1) is 7.07. The highest BCUT2D eigenvalue weighted by atomic mass is 16.3. The maximum Gasteiger partial charge on any atom is 0.0891 e. The van der Waals surface area contributed by atoms with Crippen LogP contribution in [0.2, 0.25) is 0 Å². The third kappa shape index (κ3) is 8.25. The second-order valence-electron chi connectivity index (χ2n) is 4.31. The summed E-state index contributed by atoms with van der Waals surface area (Å²) in [6.07, 6.45) is 6.82. The Bertz CT molecular complexity index is 203. The van der Waals surface area contributed by atoms with Crippen molar-refractivity contribution < 1.29 is 5.11 Å². The molecule has 1 unspecified atom stereocenters. The molecule has 2 N–H and O–H groups in total. The quantitative estimate of drug-likeness (QED) is 0.385. The van der Waals surface area contributed by atoms with Crippen molar-refractivity contribution in [3.8, 4) is 0 Å². The molecule has 0 aromatic heterocycles. The molecule has 0 aliphatic carbocycles. The highest BCUT2D eigenvalue weighted by Crippen LogP contribution is 2.12. The van der Waals surface area contributed by atoms with Gasteiger partial charge in [0.05, 0.1) is 5.76 Å². The lowest BCUT2D eigenvalue weighted by Crippen LogP contribution is -2.25. The summed E-state index contributed by atoms with van der Waals surface area (Å²) in [5, 5.41) is 12.3. The maximum atomic E-state index is 8.90. The van der Waals surface area contributed by atoms with Crippen LogP contribution in [0.5, 0.6) is 0 Å². The highest BCUT2D eigenvalue weighted by molar-refractivity contribution is 5.05. The van der Waals surface area contributed by atoms with Gasteiger partial charge in [0, 0.05) is 6.54 Å². The average molecular weight is 211 g/mol. The van der Waals surface area contributed by atoms with Crippen LogP contribution in [0, 0.1) is 11.8 Å². The molecular formula is C13H25NO. The molecule has 0 rings (SSSR count). The van der Waals surface area contributed by atoms with E-state index in [0.717, 1.165) is 24.9 Å². The van der Waals surface area contributed by atoms with Crippen molar-refractivity contribution in [3.63, 3.8) is 0 Å². The van der Waals surface area contributed by atoms with Gasteiger partial charge >= 0.3 is 0 Å².